The summed E-state index contributed by atoms with van der Waals surface area (Å²) in [5.41, 5.74) is -2.95. The van der Waals surface area contributed by atoms with E-state index >= 15 is 0 Å². The molecule has 2 aromatic carbocycles. The van der Waals surface area contributed by atoms with Crippen LogP contribution in [0, 0.1) is 11.8 Å². The molecule has 0 bridgehead atoms. The lowest BCUT2D eigenvalue weighted by Crippen LogP contribution is -2.53. The summed E-state index contributed by atoms with van der Waals surface area (Å²) in [6.07, 6.45) is 3.95. The minimum Gasteiger partial charge on any atom is -0.497 e. The Balaban J connectivity index is 1.52. The Bertz CT molecular complexity index is 1250. The van der Waals surface area contributed by atoms with Gasteiger partial charge in [0, 0.05) is 17.5 Å². The van der Waals surface area contributed by atoms with Crippen LogP contribution in [0.5, 0.6) is 5.75 Å². The van der Waals surface area contributed by atoms with Crippen LogP contribution >= 0.6 is 0 Å². The second kappa shape index (κ2) is 15.8. The second-order valence-corrected chi connectivity index (χ2v) is 12.5. The summed E-state index contributed by atoms with van der Waals surface area (Å²) < 4.78 is 16.7. The Hall–Kier alpha value is -3.60. The molecule has 0 heterocycles. The van der Waals surface area contributed by atoms with Gasteiger partial charge in [-0.2, -0.15) is 0 Å². The standard InChI is InChI=1S/C36H46O10/c1-3-4-5-12-30(45-33(40)28-10-6-8-21-35(28,42)31(38)25-15-13-24(23-37)14-16-25)46-34(41)29-11-7-9-22-36(29,43)32(39)26-17-19-27(44-2)20-18-26/h13-20,28-30,37,42-43H,3-12,21-23H2,1-2H3. The zero-order valence-corrected chi connectivity index (χ0v) is 26.7. The van der Waals surface area contributed by atoms with Gasteiger partial charge in [-0.25, -0.2) is 0 Å². The van der Waals surface area contributed by atoms with Crippen LogP contribution in [-0.2, 0) is 25.7 Å². The second-order valence-electron chi connectivity index (χ2n) is 12.5. The number of benzene rings is 2. The van der Waals surface area contributed by atoms with Crippen molar-refractivity contribution in [1.82, 2.24) is 0 Å². The van der Waals surface area contributed by atoms with Gasteiger partial charge < -0.3 is 29.5 Å². The van der Waals surface area contributed by atoms with Crippen molar-refractivity contribution in [2.75, 3.05) is 7.11 Å². The van der Waals surface area contributed by atoms with Gasteiger partial charge in [-0.3, -0.25) is 19.2 Å². The van der Waals surface area contributed by atoms with Crippen molar-refractivity contribution in [3.63, 3.8) is 0 Å². The number of unbranched alkanes of at least 4 members (excludes halogenated alkanes) is 2. The van der Waals surface area contributed by atoms with Gasteiger partial charge in [0.1, 0.15) is 17.0 Å². The predicted octanol–water partition coefficient (Wildman–Crippen LogP) is 5.09. The fourth-order valence-corrected chi connectivity index (χ4v) is 6.61. The number of esters is 2. The van der Waals surface area contributed by atoms with Gasteiger partial charge in [0.25, 0.3) is 0 Å². The molecular formula is C36H46O10. The molecule has 2 fully saturated rings. The van der Waals surface area contributed by atoms with E-state index in [0.717, 1.165) is 12.8 Å². The maximum absolute atomic E-state index is 13.7. The molecule has 2 aromatic rings. The van der Waals surface area contributed by atoms with Crippen LogP contribution in [0.1, 0.15) is 110 Å². The first-order chi connectivity index (χ1) is 22.1. The maximum Gasteiger partial charge on any atom is 0.315 e. The first-order valence-corrected chi connectivity index (χ1v) is 16.4. The highest BCUT2D eigenvalue weighted by atomic mass is 16.7. The van der Waals surface area contributed by atoms with Gasteiger partial charge in [0.2, 0.25) is 6.29 Å². The molecule has 0 aliphatic heterocycles. The Kier molecular flexibility index (Phi) is 12.1. The van der Waals surface area contributed by atoms with Crippen LogP contribution in [0.25, 0.3) is 0 Å². The van der Waals surface area contributed by atoms with Crippen molar-refractivity contribution < 1.29 is 48.7 Å². The van der Waals surface area contributed by atoms with E-state index in [9.17, 15) is 34.5 Å². The van der Waals surface area contributed by atoms with Crippen molar-refractivity contribution in [1.29, 1.82) is 0 Å². The number of carbonyl (C=O) groups is 4. The van der Waals surface area contributed by atoms with E-state index in [0.29, 0.717) is 43.4 Å². The first kappa shape index (κ1) is 35.3. The SMILES string of the molecule is CCCCCC(OC(=O)C1CCCCC1(O)C(=O)c1ccc(CO)cc1)OC(=O)C1CCCCC1(O)C(=O)c1ccc(OC)cc1. The summed E-state index contributed by atoms with van der Waals surface area (Å²) in [5.74, 6) is -4.68. The Morgan fingerprint density at radius 2 is 1.24 bits per heavy atom. The number of rotatable bonds is 14. The largest absolute Gasteiger partial charge is 0.497 e. The number of aliphatic hydroxyl groups is 3. The van der Waals surface area contributed by atoms with E-state index in [4.69, 9.17) is 14.2 Å². The average Bonchev–Trinajstić information content (AvgIpc) is 3.08. The lowest BCUT2D eigenvalue weighted by Gasteiger charge is -2.39. The molecule has 2 aliphatic rings. The molecule has 4 rings (SSSR count). The summed E-state index contributed by atoms with van der Waals surface area (Å²) in [7, 11) is 1.51. The third kappa shape index (κ3) is 7.85. The minimum absolute atomic E-state index is 0.0657. The van der Waals surface area contributed by atoms with E-state index < -0.39 is 52.8 Å². The van der Waals surface area contributed by atoms with E-state index in [-0.39, 0.29) is 49.8 Å². The van der Waals surface area contributed by atoms with Gasteiger partial charge >= 0.3 is 11.9 Å². The lowest BCUT2D eigenvalue weighted by molar-refractivity contribution is -0.204. The number of ether oxygens (including phenoxy) is 3. The number of ketones is 2. The summed E-state index contributed by atoms with van der Waals surface area (Å²) in [4.78, 5) is 54.4. The molecule has 5 unspecified atom stereocenters. The third-order valence-electron chi connectivity index (χ3n) is 9.40. The van der Waals surface area contributed by atoms with Crippen LogP contribution in [-0.4, -0.2) is 63.4 Å². The zero-order valence-electron chi connectivity index (χ0n) is 26.7. The Morgan fingerprint density at radius 3 is 1.67 bits per heavy atom. The smallest absolute Gasteiger partial charge is 0.315 e. The monoisotopic (exact) mass is 638 g/mol. The fourth-order valence-electron chi connectivity index (χ4n) is 6.61. The number of aliphatic hydroxyl groups excluding tert-OH is 1. The van der Waals surface area contributed by atoms with Gasteiger partial charge in [-0.15, -0.1) is 0 Å². The van der Waals surface area contributed by atoms with Crippen LogP contribution in [0.15, 0.2) is 48.5 Å². The molecule has 2 saturated carbocycles. The molecule has 0 spiro atoms. The molecule has 10 nitrogen and oxygen atoms in total. The predicted molar refractivity (Wildman–Crippen MR) is 168 cm³/mol. The van der Waals surface area contributed by atoms with E-state index in [1.54, 1.807) is 36.4 Å². The molecule has 2 aliphatic carbocycles. The fraction of sp³-hybridized carbons (Fsp3) is 0.556. The molecule has 3 N–H and O–H groups in total. The van der Waals surface area contributed by atoms with Crippen molar-refractivity contribution in [3.8, 4) is 5.75 Å². The number of Topliss-reactive ketones (excluding diaryl/α,β-unsaturated/α-hetero) is 2. The summed E-state index contributed by atoms with van der Waals surface area (Å²) in [6, 6.07) is 12.5. The zero-order chi connectivity index (χ0) is 33.3. The lowest BCUT2D eigenvalue weighted by atomic mass is 9.71. The quantitative estimate of drug-likeness (QED) is 0.110. The number of methoxy groups -OCH3 is 1. The summed E-state index contributed by atoms with van der Waals surface area (Å²) in [5, 5.41) is 32.7. The average molecular weight is 639 g/mol. The van der Waals surface area contributed by atoms with Crippen molar-refractivity contribution in [2.45, 2.75) is 108 Å². The molecule has 5 atom stereocenters. The van der Waals surface area contributed by atoms with Crippen LogP contribution in [0.4, 0.5) is 0 Å². The first-order valence-electron chi connectivity index (χ1n) is 16.4. The third-order valence-corrected chi connectivity index (χ3v) is 9.40. The molecule has 0 aromatic heterocycles. The van der Waals surface area contributed by atoms with Gasteiger partial charge in [-0.1, -0.05) is 69.7 Å². The number of carbonyl (C=O) groups excluding carboxylic acids is 4. The normalized spacial score (nSPS) is 25.2. The van der Waals surface area contributed by atoms with Gasteiger partial charge in [0.15, 0.2) is 11.6 Å². The maximum atomic E-state index is 13.7. The Labute approximate surface area is 270 Å². The van der Waals surface area contributed by atoms with E-state index in [2.05, 4.69) is 0 Å². The van der Waals surface area contributed by atoms with Crippen molar-refractivity contribution in [3.05, 3.63) is 65.2 Å². The van der Waals surface area contributed by atoms with Gasteiger partial charge in [-0.05, 0) is 61.9 Å². The van der Waals surface area contributed by atoms with Crippen molar-refractivity contribution >= 4 is 23.5 Å². The van der Waals surface area contributed by atoms with Gasteiger partial charge in [0.05, 0.1) is 25.6 Å². The van der Waals surface area contributed by atoms with Crippen LogP contribution in [0.2, 0.25) is 0 Å². The summed E-state index contributed by atoms with van der Waals surface area (Å²) >= 11 is 0. The molecular weight excluding hydrogens is 592 g/mol. The molecule has 10 heteroatoms. The topological polar surface area (TPSA) is 157 Å². The van der Waals surface area contributed by atoms with Crippen LogP contribution < -0.4 is 4.74 Å². The summed E-state index contributed by atoms with van der Waals surface area (Å²) in [6.45, 7) is 1.81. The molecule has 46 heavy (non-hydrogen) atoms. The van der Waals surface area contributed by atoms with E-state index in [1.807, 2.05) is 6.92 Å². The minimum atomic E-state index is -2.01. The molecule has 250 valence electrons. The highest BCUT2D eigenvalue weighted by Gasteiger charge is 2.52. The van der Waals surface area contributed by atoms with E-state index in [1.165, 1.54) is 19.2 Å². The van der Waals surface area contributed by atoms with Crippen LogP contribution in [0.3, 0.4) is 0 Å². The highest BCUT2D eigenvalue weighted by Crippen LogP contribution is 2.40. The molecule has 0 amide bonds. The molecule has 0 radical (unpaired) electrons. The number of hydrogen-bond donors (Lipinski definition) is 3. The number of hydrogen-bond acceptors (Lipinski definition) is 10. The molecule has 0 saturated heterocycles. The highest BCUT2D eigenvalue weighted by molar-refractivity contribution is 6.05. The van der Waals surface area contributed by atoms with Crippen molar-refractivity contribution in [2.24, 2.45) is 11.8 Å². The Morgan fingerprint density at radius 1 is 0.761 bits per heavy atom.